The number of aryl methyl sites for hydroxylation is 1. The number of likely N-dealkylation sites (N-methyl/N-ethyl adjacent to an activating group) is 1. The van der Waals surface area contributed by atoms with Crippen LogP contribution in [0.15, 0.2) is 150 Å². The van der Waals surface area contributed by atoms with Crippen molar-refractivity contribution in [3.05, 3.63) is 173 Å². The molecule has 0 saturated carbocycles. The first-order valence-electron chi connectivity index (χ1n) is 21.2. The Labute approximate surface area is 387 Å². The topological polar surface area (TPSA) is 225 Å². The maximum Gasteiger partial charge on any atom is 0.329 e. The van der Waals surface area contributed by atoms with Crippen LogP contribution in [0.3, 0.4) is 0 Å². The molecule has 66 heavy (non-hydrogen) atoms. The van der Waals surface area contributed by atoms with Crippen molar-refractivity contribution in [1.29, 1.82) is 0 Å². The van der Waals surface area contributed by atoms with E-state index < -0.39 is 46.7 Å². The van der Waals surface area contributed by atoms with Gasteiger partial charge in [0.2, 0.25) is 5.91 Å². The van der Waals surface area contributed by atoms with Gasteiger partial charge in [-0.15, -0.1) is 0 Å². The summed E-state index contributed by atoms with van der Waals surface area (Å²) in [5.74, 6) is -2.80. The summed E-state index contributed by atoms with van der Waals surface area (Å²) in [6.07, 6.45) is 1.37. The highest BCUT2D eigenvalue weighted by Crippen LogP contribution is 2.12. The number of amides is 1. The average Bonchev–Trinajstić information content (AvgIpc) is 3.30. The Morgan fingerprint density at radius 1 is 0.591 bits per heavy atom. The third-order valence-corrected chi connectivity index (χ3v) is 10.7. The van der Waals surface area contributed by atoms with Crippen LogP contribution < -0.4 is 16.4 Å². The predicted molar refractivity (Wildman–Crippen MR) is 251 cm³/mol. The smallest absolute Gasteiger partial charge is 0.329 e. The van der Waals surface area contributed by atoms with Crippen molar-refractivity contribution < 1.29 is 51.2 Å². The van der Waals surface area contributed by atoms with Crippen LogP contribution in [0.4, 0.5) is 0 Å². The molecule has 14 nitrogen and oxygen atoms in total. The van der Waals surface area contributed by atoms with Gasteiger partial charge in [0.1, 0.15) is 11.8 Å². The van der Waals surface area contributed by atoms with Gasteiger partial charge in [-0.2, -0.15) is 8.42 Å². The van der Waals surface area contributed by atoms with Crippen LogP contribution in [0.5, 0.6) is 0 Å². The van der Waals surface area contributed by atoms with Gasteiger partial charge < -0.3 is 25.8 Å². The van der Waals surface area contributed by atoms with E-state index in [0.717, 1.165) is 27.8 Å². The molecule has 0 spiro atoms. The number of esters is 2. The van der Waals surface area contributed by atoms with Gasteiger partial charge in [-0.1, -0.05) is 146 Å². The van der Waals surface area contributed by atoms with Crippen molar-refractivity contribution in [2.24, 2.45) is 11.7 Å². The Bertz CT molecular complexity index is 2340. The Kier molecular flexibility index (Phi) is 23.0. The normalized spacial score (nSPS) is 12.5. The molecular weight excluding hydrogens is 863 g/mol. The molecule has 5 aromatic rings. The zero-order chi connectivity index (χ0) is 48.5. The third-order valence-electron chi connectivity index (χ3n) is 9.86. The molecule has 0 heterocycles. The van der Waals surface area contributed by atoms with Gasteiger partial charge in [0.25, 0.3) is 10.1 Å². The highest BCUT2D eigenvalue weighted by Gasteiger charge is 2.26. The monoisotopic (exact) mass is 921 g/mol. The van der Waals surface area contributed by atoms with E-state index in [0.29, 0.717) is 19.3 Å². The fourth-order valence-corrected chi connectivity index (χ4v) is 6.70. The third kappa shape index (κ3) is 20.9. The number of Topliss-reactive ketones (excluding diaryl/α,β-unsaturated/α-hetero) is 3. The minimum absolute atomic E-state index is 0.0666. The Hall–Kier alpha value is -6.65. The summed E-state index contributed by atoms with van der Waals surface area (Å²) in [5, 5.41) is 5.49. The molecule has 4 unspecified atom stereocenters. The van der Waals surface area contributed by atoms with Gasteiger partial charge >= 0.3 is 11.9 Å². The van der Waals surface area contributed by atoms with Crippen LogP contribution in [-0.4, -0.2) is 86.6 Å². The lowest BCUT2D eigenvalue weighted by Gasteiger charge is -2.19. The van der Waals surface area contributed by atoms with Crippen molar-refractivity contribution in [3.8, 4) is 0 Å². The second-order valence-electron chi connectivity index (χ2n) is 15.5. The molecule has 0 aromatic heterocycles. The lowest BCUT2D eigenvalue weighted by molar-refractivity contribution is -0.151. The molecule has 0 aliphatic heterocycles. The van der Waals surface area contributed by atoms with Crippen LogP contribution in [0.2, 0.25) is 0 Å². The van der Waals surface area contributed by atoms with Crippen molar-refractivity contribution in [3.63, 3.8) is 0 Å². The van der Waals surface area contributed by atoms with Crippen molar-refractivity contribution in [2.45, 2.75) is 75.9 Å². The van der Waals surface area contributed by atoms with Crippen molar-refractivity contribution >= 4 is 45.3 Å². The number of hydrogen-bond donors (Lipinski definition) is 4. The molecule has 5 rings (SSSR count). The first-order chi connectivity index (χ1) is 31.4. The highest BCUT2D eigenvalue weighted by atomic mass is 32.2. The largest absolute Gasteiger partial charge is 0.457 e. The zero-order valence-electron chi connectivity index (χ0n) is 37.6. The number of hydrogen-bond acceptors (Lipinski definition) is 12. The molecule has 0 aliphatic rings. The predicted octanol–water partition coefficient (Wildman–Crippen LogP) is 5.43. The number of rotatable bonds is 21. The minimum atomic E-state index is -4.02. The number of carbonyl (C=O) groups excluding carboxylic acids is 6. The molecule has 0 radical (unpaired) electrons. The van der Waals surface area contributed by atoms with Crippen LogP contribution >= 0.6 is 0 Å². The number of nitrogens with two attached hydrogens (primary N) is 1. The van der Waals surface area contributed by atoms with E-state index in [9.17, 15) is 37.2 Å². The molecule has 0 fully saturated rings. The summed E-state index contributed by atoms with van der Waals surface area (Å²) < 4.78 is 39.9. The molecule has 4 atom stereocenters. The standard InChI is InChI=1S/C24H28N2O5.C20H23NO3.C7H8O3S/c1-17(27)13-23(29)26-21(15-19-11-7-4-8-12-19)24(30)31-16-22(28)20(25-2)14-18-9-5-3-6-10-18;1-15(12-16-8-4-2-5-9-16)20(23)24-14-19(22)18(21)13-17-10-6-3-7-11-17;1-6-2-4-7(5-3-6)11(8,9)10/h3-12,20-21,25H,13-16H2,1-2H3,(H,26,29);2-11,15,18H,12-14,21H2,1H3;2-5H,1H3,(H,8,9,10). The second kappa shape index (κ2) is 28.3. The molecule has 1 amide bonds. The summed E-state index contributed by atoms with van der Waals surface area (Å²) in [4.78, 5) is 72.4. The van der Waals surface area contributed by atoms with E-state index >= 15 is 0 Å². The van der Waals surface area contributed by atoms with Crippen molar-refractivity contribution in [1.82, 2.24) is 10.6 Å². The SMILES string of the molecule is CC(Cc1ccccc1)C(=O)OCC(=O)C(N)Cc1ccccc1.CNC(Cc1ccccc1)C(=O)COC(=O)C(Cc1ccccc1)NC(=O)CC(C)=O.Cc1ccc(S(=O)(=O)O)cc1. The lowest BCUT2D eigenvalue weighted by Crippen LogP contribution is -2.45. The van der Waals surface area contributed by atoms with Crippen LogP contribution in [-0.2, 0) is 74.0 Å². The highest BCUT2D eigenvalue weighted by molar-refractivity contribution is 7.85. The Morgan fingerprint density at radius 3 is 1.44 bits per heavy atom. The van der Waals surface area contributed by atoms with E-state index in [1.807, 2.05) is 128 Å². The maximum absolute atomic E-state index is 12.6. The number of benzene rings is 5. The summed E-state index contributed by atoms with van der Waals surface area (Å²) in [5.41, 5.74) is 10.7. The van der Waals surface area contributed by atoms with Crippen LogP contribution in [0, 0.1) is 12.8 Å². The molecular formula is C51H59N3O11S. The van der Waals surface area contributed by atoms with Gasteiger partial charge in [-0.3, -0.25) is 28.5 Å². The summed E-state index contributed by atoms with van der Waals surface area (Å²) in [7, 11) is -2.35. The van der Waals surface area contributed by atoms with Crippen LogP contribution in [0.1, 0.15) is 48.1 Å². The van der Waals surface area contributed by atoms with Gasteiger partial charge in [-0.05, 0) is 74.5 Å². The van der Waals surface area contributed by atoms with Crippen LogP contribution in [0.25, 0.3) is 0 Å². The molecule has 5 N–H and O–H groups in total. The Balaban J connectivity index is 0.000000291. The van der Waals surface area contributed by atoms with Gasteiger partial charge in [0.05, 0.1) is 29.3 Å². The quantitative estimate of drug-likeness (QED) is 0.0410. The number of ketones is 3. The fourth-order valence-electron chi connectivity index (χ4n) is 6.22. The molecule has 15 heteroatoms. The Morgan fingerprint density at radius 2 is 1.00 bits per heavy atom. The summed E-state index contributed by atoms with van der Waals surface area (Å²) in [6, 6.07) is 41.7. The van der Waals surface area contributed by atoms with Crippen molar-refractivity contribution in [2.75, 3.05) is 20.3 Å². The summed E-state index contributed by atoms with van der Waals surface area (Å²) in [6.45, 7) is 4.25. The van der Waals surface area contributed by atoms with Gasteiger partial charge in [-0.25, -0.2) is 4.79 Å². The second-order valence-corrected chi connectivity index (χ2v) is 17.0. The fraction of sp³-hybridized carbons (Fsp3) is 0.294. The molecule has 0 aliphatic carbocycles. The van der Waals surface area contributed by atoms with Gasteiger partial charge in [0, 0.05) is 6.42 Å². The first-order valence-corrected chi connectivity index (χ1v) is 22.7. The van der Waals surface area contributed by atoms with E-state index in [1.54, 1.807) is 26.1 Å². The minimum Gasteiger partial charge on any atom is -0.457 e. The number of ether oxygens (including phenoxy) is 2. The molecule has 0 saturated heterocycles. The zero-order valence-corrected chi connectivity index (χ0v) is 38.4. The summed E-state index contributed by atoms with van der Waals surface area (Å²) >= 11 is 0. The molecule has 0 bridgehead atoms. The lowest BCUT2D eigenvalue weighted by atomic mass is 10.0. The van der Waals surface area contributed by atoms with E-state index in [2.05, 4.69) is 10.6 Å². The van der Waals surface area contributed by atoms with Gasteiger partial charge in [0.15, 0.2) is 24.8 Å². The number of carbonyl (C=O) groups is 6. The molecule has 350 valence electrons. The number of nitrogens with one attached hydrogen (secondary N) is 2. The molecule has 5 aromatic carbocycles. The van der Waals surface area contributed by atoms with E-state index in [4.69, 9.17) is 19.8 Å². The van der Waals surface area contributed by atoms with E-state index in [1.165, 1.54) is 19.1 Å². The maximum atomic E-state index is 12.6. The average molecular weight is 922 g/mol. The first kappa shape index (κ1) is 53.7. The van der Waals surface area contributed by atoms with E-state index in [-0.39, 0.29) is 53.6 Å².